The van der Waals surface area contributed by atoms with Gasteiger partial charge in [0.1, 0.15) is 5.75 Å². The van der Waals surface area contributed by atoms with E-state index in [1.165, 1.54) is 21.2 Å². The third-order valence-electron chi connectivity index (χ3n) is 3.50. The molecule has 1 aromatic rings. The summed E-state index contributed by atoms with van der Waals surface area (Å²) in [6.07, 6.45) is 2.60. The molecule has 1 aromatic carbocycles. The monoisotopic (exact) mass is 294 g/mol. The number of ether oxygens (including phenoxy) is 1. The first-order valence-electron chi connectivity index (χ1n) is 6.06. The Morgan fingerprint density at radius 3 is 2.29 bits per heavy atom. The van der Waals surface area contributed by atoms with Gasteiger partial charge in [-0.15, -0.1) is 0 Å². The van der Waals surface area contributed by atoms with Gasteiger partial charge in [-0.2, -0.15) is 0 Å². The van der Waals surface area contributed by atoms with E-state index in [-0.39, 0.29) is 0 Å². The number of rotatable bonds is 3. The van der Waals surface area contributed by atoms with Crippen LogP contribution in [0.4, 0.5) is 0 Å². The Morgan fingerprint density at radius 1 is 1.29 bits per heavy atom. The smallest absolute Gasteiger partial charge is 0.120 e. The van der Waals surface area contributed by atoms with Crippen LogP contribution in [0.5, 0.6) is 5.75 Å². The number of allylic oxidation sites excluding steroid dienone is 1. The highest BCUT2D eigenvalue weighted by Gasteiger charge is 2.31. The molecule has 1 saturated carbocycles. The molecule has 1 fully saturated rings. The zero-order valence-corrected chi connectivity index (χ0v) is 12.3. The van der Waals surface area contributed by atoms with Gasteiger partial charge in [-0.1, -0.05) is 28.1 Å². The molecule has 0 atom stereocenters. The molecule has 0 unspecified atom stereocenters. The predicted octanol–water partition coefficient (Wildman–Crippen LogP) is 4.80. The number of hydrogen-bond acceptors (Lipinski definition) is 1. The van der Waals surface area contributed by atoms with Gasteiger partial charge in [-0.05, 0) is 62.8 Å². The molecule has 0 aromatic heterocycles. The van der Waals surface area contributed by atoms with Crippen LogP contribution in [0.3, 0.4) is 0 Å². The van der Waals surface area contributed by atoms with Crippen LogP contribution < -0.4 is 4.74 Å². The third kappa shape index (κ3) is 2.74. The van der Waals surface area contributed by atoms with E-state index in [1.54, 1.807) is 0 Å². The van der Waals surface area contributed by atoms with Crippen molar-refractivity contribution in [3.05, 3.63) is 39.9 Å². The Kier molecular flexibility index (Phi) is 3.62. The van der Waals surface area contributed by atoms with Crippen molar-refractivity contribution in [1.82, 2.24) is 0 Å². The number of hydrogen-bond donors (Lipinski definition) is 0. The molecule has 0 saturated heterocycles. The Balaban J connectivity index is 1.99. The lowest BCUT2D eigenvalue weighted by Gasteiger charge is -2.36. The number of halogens is 1. The molecule has 0 heterocycles. The fourth-order valence-corrected chi connectivity index (χ4v) is 2.46. The highest BCUT2D eigenvalue weighted by molar-refractivity contribution is 9.10. The van der Waals surface area contributed by atoms with Crippen molar-refractivity contribution in [2.45, 2.75) is 39.7 Å². The van der Waals surface area contributed by atoms with Gasteiger partial charge in [0.15, 0.2) is 0 Å². The van der Waals surface area contributed by atoms with Crippen LogP contribution >= 0.6 is 15.9 Å². The van der Waals surface area contributed by atoms with E-state index in [0.717, 1.165) is 18.6 Å². The van der Waals surface area contributed by atoms with Crippen molar-refractivity contribution in [3.8, 4) is 5.75 Å². The summed E-state index contributed by atoms with van der Waals surface area (Å²) < 4.78 is 7.16. The van der Waals surface area contributed by atoms with E-state index in [1.807, 2.05) is 0 Å². The fraction of sp³-hybridized carbons (Fsp3) is 0.467. The SMILES string of the molecule is C=C(C)[C@H]1C[C@H](Oc2cc(C)c(Br)c(C)c2)C1. The van der Waals surface area contributed by atoms with Gasteiger partial charge in [0.2, 0.25) is 0 Å². The molecule has 0 amide bonds. The standard InChI is InChI=1S/C15H19BrO/c1-9(2)12-7-14(8-12)17-13-5-10(3)15(16)11(4)6-13/h5-6,12,14H,1,7-8H2,2-4H3/t12-,14-. The van der Waals surface area contributed by atoms with Gasteiger partial charge >= 0.3 is 0 Å². The zero-order valence-electron chi connectivity index (χ0n) is 10.7. The Bertz CT molecular complexity index is 421. The first-order valence-corrected chi connectivity index (χ1v) is 6.85. The van der Waals surface area contributed by atoms with E-state index in [2.05, 4.69) is 55.4 Å². The maximum absolute atomic E-state index is 5.99. The minimum atomic E-state index is 0.372. The lowest BCUT2D eigenvalue weighted by atomic mass is 9.78. The minimum Gasteiger partial charge on any atom is -0.490 e. The third-order valence-corrected chi connectivity index (χ3v) is 4.76. The summed E-state index contributed by atoms with van der Waals surface area (Å²) >= 11 is 3.57. The predicted molar refractivity (Wildman–Crippen MR) is 75.6 cm³/mol. The summed E-state index contributed by atoms with van der Waals surface area (Å²) in [6, 6.07) is 4.20. The Morgan fingerprint density at radius 2 is 1.82 bits per heavy atom. The van der Waals surface area contributed by atoms with Crippen LogP contribution in [-0.4, -0.2) is 6.10 Å². The topological polar surface area (TPSA) is 9.23 Å². The van der Waals surface area contributed by atoms with Gasteiger partial charge in [-0.25, -0.2) is 0 Å². The first kappa shape index (κ1) is 12.7. The minimum absolute atomic E-state index is 0.372. The number of aryl methyl sites for hydroxylation is 2. The zero-order chi connectivity index (χ0) is 12.6. The van der Waals surface area contributed by atoms with Crippen LogP contribution in [0, 0.1) is 19.8 Å². The van der Waals surface area contributed by atoms with E-state index in [9.17, 15) is 0 Å². The van der Waals surface area contributed by atoms with Crippen molar-refractivity contribution in [2.24, 2.45) is 5.92 Å². The average molecular weight is 295 g/mol. The van der Waals surface area contributed by atoms with Crippen LogP contribution in [-0.2, 0) is 0 Å². The molecule has 1 aliphatic rings. The van der Waals surface area contributed by atoms with Crippen LogP contribution in [0.2, 0.25) is 0 Å². The maximum atomic E-state index is 5.99. The van der Waals surface area contributed by atoms with Crippen molar-refractivity contribution in [2.75, 3.05) is 0 Å². The average Bonchev–Trinajstić information content (AvgIpc) is 2.18. The molecule has 1 nitrogen and oxygen atoms in total. The van der Waals surface area contributed by atoms with E-state index in [4.69, 9.17) is 4.74 Å². The van der Waals surface area contributed by atoms with Crippen LogP contribution in [0.15, 0.2) is 28.8 Å². The normalized spacial score (nSPS) is 23.1. The second-order valence-electron chi connectivity index (χ2n) is 5.13. The molecule has 92 valence electrons. The van der Waals surface area contributed by atoms with Gasteiger partial charge in [0.25, 0.3) is 0 Å². The van der Waals surface area contributed by atoms with Gasteiger partial charge < -0.3 is 4.74 Å². The highest BCUT2D eigenvalue weighted by Crippen LogP contribution is 2.36. The fourth-order valence-electron chi connectivity index (χ4n) is 2.23. The van der Waals surface area contributed by atoms with Crippen molar-refractivity contribution in [1.29, 1.82) is 0 Å². The van der Waals surface area contributed by atoms with Crippen molar-refractivity contribution >= 4 is 15.9 Å². The summed E-state index contributed by atoms with van der Waals surface area (Å²) in [4.78, 5) is 0. The molecule has 0 radical (unpaired) electrons. The molecular formula is C15H19BrO. The summed E-state index contributed by atoms with van der Waals surface area (Å²) in [5, 5.41) is 0. The maximum Gasteiger partial charge on any atom is 0.120 e. The van der Waals surface area contributed by atoms with Crippen LogP contribution in [0.25, 0.3) is 0 Å². The molecule has 1 aliphatic carbocycles. The lowest BCUT2D eigenvalue weighted by Crippen LogP contribution is -2.34. The molecule has 0 aliphatic heterocycles. The van der Waals surface area contributed by atoms with E-state index in [0.29, 0.717) is 12.0 Å². The second-order valence-corrected chi connectivity index (χ2v) is 5.92. The molecule has 2 heteroatoms. The summed E-state index contributed by atoms with van der Waals surface area (Å²) in [6.45, 7) is 10.3. The largest absolute Gasteiger partial charge is 0.490 e. The summed E-state index contributed by atoms with van der Waals surface area (Å²) in [5.74, 6) is 1.66. The summed E-state index contributed by atoms with van der Waals surface area (Å²) in [7, 11) is 0. The lowest BCUT2D eigenvalue weighted by molar-refractivity contribution is 0.0814. The molecule has 17 heavy (non-hydrogen) atoms. The summed E-state index contributed by atoms with van der Waals surface area (Å²) in [5.41, 5.74) is 3.75. The van der Waals surface area contributed by atoms with Crippen LogP contribution in [0.1, 0.15) is 30.9 Å². The highest BCUT2D eigenvalue weighted by atomic mass is 79.9. The Hall–Kier alpha value is -0.760. The van der Waals surface area contributed by atoms with Crippen molar-refractivity contribution in [3.63, 3.8) is 0 Å². The van der Waals surface area contributed by atoms with E-state index < -0.39 is 0 Å². The van der Waals surface area contributed by atoms with Gasteiger partial charge in [0, 0.05) is 4.47 Å². The molecule has 0 bridgehead atoms. The molecule has 0 spiro atoms. The first-order chi connectivity index (χ1) is 7.97. The van der Waals surface area contributed by atoms with E-state index >= 15 is 0 Å². The second kappa shape index (κ2) is 4.85. The Labute approximate surface area is 112 Å². The van der Waals surface area contributed by atoms with Gasteiger partial charge in [0.05, 0.1) is 6.10 Å². The number of benzene rings is 1. The molecule has 0 N–H and O–H groups in total. The van der Waals surface area contributed by atoms with Crippen molar-refractivity contribution < 1.29 is 4.74 Å². The molecular weight excluding hydrogens is 276 g/mol. The molecule has 2 rings (SSSR count). The van der Waals surface area contributed by atoms with Gasteiger partial charge in [-0.3, -0.25) is 0 Å². The quantitative estimate of drug-likeness (QED) is 0.728.